The molecule has 0 unspecified atom stereocenters. The summed E-state index contributed by atoms with van der Waals surface area (Å²) in [5.74, 6) is 3.27. The van der Waals surface area contributed by atoms with Crippen molar-refractivity contribution < 1.29 is 0 Å². The molecule has 0 radical (unpaired) electrons. The zero-order valence-corrected chi connectivity index (χ0v) is 11.0. The fourth-order valence-corrected chi connectivity index (χ4v) is 1.74. The first-order valence-electron chi connectivity index (χ1n) is 5.28. The Morgan fingerprint density at radius 3 is 2.60 bits per heavy atom. The van der Waals surface area contributed by atoms with Gasteiger partial charge < -0.3 is 5.32 Å². The van der Waals surface area contributed by atoms with Gasteiger partial charge in [-0.1, -0.05) is 37.7 Å². The molecule has 1 rings (SSSR count). The lowest BCUT2D eigenvalue weighted by Gasteiger charge is -2.04. The fourth-order valence-electron chi connectivity index (χ4n) is 1.22. The van der Waals surface area contributed by atoms with Crippen LogP contribution in [0.15, 0.2) is 24.3 Å². The topological polar surface area (TPSA) is 12.0 Å². The van der Waals surface area contributed by atoms with Crippen molar-refractivity contribution >= 4 is 8.07 Å². The molecule has 2 heteroatoms. The average molecular weight is 217 g/mol. The van der Waals surface area contributed by atoms with Crippen LogP contribution in [0.1, 0.15) is 11.1 Å². The van der Waals surface area contributed by atoms with Crippen molar-refractivity contribution in [2.45, 2.75) is 26.2 Å². The predicted molar refractivity (Wildman–Crippen MR) is 69.4 cm³/mol. The molecule has 1 N–H and O–H groups in total. The third kappa shape index (κ3) is 4.82. The van der Waals surface area contributed by atoms with Crippen molar-refractivity contribution in [3.8, 4) is 11.5 Å². The summed E-state index contributed by atoms with van der Waals surface area (Å²) in [7, 11) is 0.706. The van der Waals surface area contributed by atoms with Crippen LogP contribution >= 0.6 is 0 Å². The summed E-state index contributed by atoms with van der Waals surface area (Å²) >= 11 is 0. The summed E-state index contributed by atoms with van der Waals surface area (Å²) in [5.41, 5.74) is 5.80. The minimum Gasteiger partial charge on any atom is -0.316 e. The minimum absolute atomic E-state index is 0.905. The van der Waals surface area contributed by atoms with Gasteiger partial charge in [-0.25, -0.2) is 0 Å². The van der Waals surface area contributed by atoms with Crippen LogP contribution < -0.4 is 5.32 Å². The first-order valence-corrected chi connectivity index (χ1v) is 8.78. The lowest BCUT2D eigenvalue weighted by Crippen LogP contribution is -2.16. The van der Waals surface area contributed by atoms with Crippen LogP contribution in [0.3, 0.4) is 0 Å². The number of nitrogens with one attached hydrogen (secondary N) is 1. The van der Waals surface area contributed by atoms with E-state index in [-0.39, 0.29) is 0 Å². The Bertz CT molecular complexity index is 380. The molecule has 0 aliphatic carbocycles. The lowest BCUT2D eigenvalue weighted by molar-refractivity contribution is 0.817. The third-order valence-electron chi connectivity index (χ3n) is 1.89. The van der Waals surface area contributed by atoms with Crippen molar-refractivity contribution in [3.63, 3.8) is 0 Å². The van der Waals surface area contributed by atoms with E-state index in [2.05, 4.69) is 60.7 Å². The molecule has 1 aromatic rings. The second-order valence-corrected chi connectivity index (χ2v) is 9.48. The van der Waals surface area contributed by atoms with Crippen molar-refractivity contribution in [3.05, 3.63) is 35.4 Å². The van der Waals surface area contributed by atoms with Gasteiger partial charge >= 0.3 is 0 Å². The van der Waals surface area contributed by atoms with E-state index in [1.807, 2.05) is 7.05 Å². The highest BCUT2D eigenvalue weighted by Crippen LogP contribution is 2.05. The molecular weight excluding hydrogens is 198 g/mol. The molecule has 15 heavy (non-hydrogen) atoms. The Labute approximate surface area is 93.9 Å². The molecule has 0 aromatic heterocycles. The first kappa shape index (κ1) is 12.0. The van der Waals surface area contributed by atoms with Crippen LogP contribution in [-0.4, -0.2) is 15.1 Å². The highest BCUT2D eigenvalue weighted by molar-refractivity contribution is 6.83. The zero-order valence-electron chi connectivity index (χ0n) is 10.0. The van der Waals surface area contributed by atoms with E-state index in [0.717, 1.165) is 12.1 Å². The zero-order chi connectivity index (χ0) is 11.3. The SMILES string of the molecule is CNCc1cccc(C#C[Si](C)(C)C)c1. The summed E-state index contributed by atoms with van der Waals surface area (Å²) in [6.45, 7) is 7.69. The van der Waals surface area contributed by atoms with Gasteiger partial charge in [-0.2, -0.15) is 0 Å². The maximum Gasteiger partial charge on any atom is 0.129 e. The maximum atomic E-state index is 3.38. The van der Waals surface area contributed by atoms with E-state index in [4.69, 9.17) is 0 Å². The quantitative estimate of drug-likeness (QED) is 0.593. The summed E-state index contributed by atoms with van der Waals surface area (Å²) in [6.07, 6.45) is 0. The highest BCUT2D eigenvalue weighted by atomic mass is 28.3. The molecule has 0 spiro atoms. The highest BCUT2D eigenvalue weighted by Gasteiger charge is 2.07. The fraction of sp³-hybridized carbons (Fsp3) is 0.385. The Kier molecular flexibility index (Phi) is 4.13. The van der Waals surface area contributed by atoms with Crippen LogP contribution in [0, 0.1) is 11.5 Å². The molecule has 0 fully saturated rings. The lowest BCUT2D eigenvalue weighted by atomic mass is 10.1. The average Bonchev–Trinajstić information content (AvgIpc) is 2.15. The van der Waals surface area contributed by atoms with E-state index in [0.29, 0.717) is 0 Å². The van der Waals surface area contributed by atoms with Gasteiger partial charge in [0.15, 0.2) is 0 Å². The van der Waals surface area contributed by atoms with Crippen molar-refractivity contribution in [2.24, 2.45) is 0 Å². The van der Waals surface area contributed by atoms with Crippen LogP contribution in [0.2, 0.25) is 19.6 Å². The van der Waals surface area contributed by atoms with Crippen molar-refractivity contribution in [1.29, 1.82) is 0 Å². The Balaban J connectivity index is 2.85. The van der Waals surface area contributed by atoms with Gasteiger partial charge in [0.25, 0.3) is 0 Å². The molecule has 0 atom stereocenters. The van der Waals surface area contributed by atoms with Gasteiger partial charge in [0.1, 0.15) is 8.07 Å². The third-order valence-corrected chi connectivity index (χ3v) is 2.76. The van der Waals surface area contributed by atoms with Gasteiger partial charge in [-0.15, -0.1) is 5.54 Å². The second-order valence-electron chi connectivity index (χ2n) is 4.73. The Hall–Kier alpha value is -1.04. The van der Waals surface area contributed by atoms with E-state index >= 15 is 0 Å². The molecule has 0 aliphatic heterocycles. The molecule has 0 bridgehead atoms. The number of hydrogen-bond acceptors (Lipinski definition) is 1. The first-order chi connectivity index (χ1) is 7.01. The van der Waals surface area contributed by atoms with Crippen LogP contribution in [-0.2, 0) is 6.54 Å². The van der Waals surface area contributed by atoms with Gasteiger partial charge in [-0.05, 0) is 24.7 Å². The monoisotopic (exact) mass is 217 g/mol. The Morgan fingerprint density at radius 1 is 1.27 bits per heavy atom. The summed E-state index contributed by atoms with van der Waals surface area (Å²) in [4.78, 5) is 0. The molecule has 0 saturated carbocycles. The van der Waals surface area contributed by atoms with Crippen LogP contribution in [0.25, 0.3) is 0 Å². The van der Waals surface area contributed by atoms with Gasteiger partial charge in [0, 0.05) is 12.1 Å². The summed E-state index contributed by atoms with van der Waals surface area (Å²) in [5, 5.41) is 3.14. The molecule has 0 saturated heterocycles. The van der Waals surface area contributed by atoms with Crippen LogP contribution in [0.4, 0.5) is 0 Å². The standard InChI is InChI=1S/C13H19NSi/c1-14-11-13-7-5-6-12(10-13)8-9-15(2,3)4/h5-7,10,14H,11H2,1-4H3. The molecule has 80 valence electrons. The smallest absolute Gasteiger partial charge is 0.129 e. The summed E-state index contributed by atoms with van der Waals surface area (Å²) in [6, 6.07) is 8.42. The van der Waals surface area contributed by atoms with Crippen LogP contribution in [0.5, 0.6) is 0 Å². The summed E-state index contributed by atoms with van der Waals surface area (Å²) < 4.78 is 0. The van der Waals surface area contributed by atoms with Crippen molar-refractivity contribution in [2.75, 3.05) is 7.05 Å². The maximum absolute atomic E-state index is 3.38. The molecule has 0 amide bonds. The van der Waals surface area contributed by atoms with Crippen molar-refractivity contribution in [1.82, 2.24) is 5.32 Å². The Morgan fingerprint density at radius 2 is 2.00 bits per heavy atom. The van der Waals surface area contributed by atoms with E-state index < -0.39 is 8.07 Å². The predicted octanol–water partition coefficient (Wildman–Crippen LogP) is 2.63. The van der Waals surface area contributed by atoms with Gasteiger partial charge in [0.2, 0.25) is 0 Å². The normalized spacial score (nSPS) is 10.7. The molecule has 1 nitrogen and oxygen atoms in total. The largest absolute Gasteiger partial charge is 0.316 e. The number of rotatable bonds is 2. The molecule has 1 aromatic carbocycles. The van der Waals surface area contributed by atoms with E-state index in [9.17, 15) is 0 Å². The molecule has 0 heterocycles. The molecule has 0 aliphatic rings. The van der Waals surface area contributed by atoms with E-state index in [1.54, 1.807) is 0 Å². The second kappa shape index (κ2) is 5.15. The van der Waals surface area contributed by atoms with E-state index in [1.165, 1.54) is 5.56 Å². The number of hydrogen-bond donors (Lipinski definition) is 1. The van der Waals surface area contributed by atoms with Gasteiger partial charge in [0.05, 0.1) is 0 Å². The van der Waals surface area contributed by atoms with Gasteiger partial charge in [-0.3, -0.25) is 0 Å². The molecular formula is C13H19NSi. The number of benzene rings is 1. The minimum atomic E-state index is -1.25.